The first-order valence-corrected chi connectivity index (χ1v) is 12.1. The monoisotopic (exact) mass is 428 g/mol. The van der Waals surface area contributed by atoms with Gasteiger partial charge in [0.15, 0.2) is 0 Å². The first-order valence-electron chi connectivity index (χ1n) is 10.7. The average Bonchev–Trinajstić information content (AvgIpc) is 3.03. The Kier molecular flexibility index (Phi) is 7.26. The number of aryl methyl sites for hydroxylation is 1. The highest BCUT2D eigenvalue weighted by atomic mass is 32.2. The van der Waals surface area contributed by atoms with Gasteiger partial charge in [-0.25, -0.2) is 13.4 Å². The molecule has 2 heterocycles. The molecule has 0 N–H and O–H groups in total. The molecule has 0 aliphatic heterocycles. The van der Waals surface area contributed by atoms with E-state index < -0.39 is 10.0 Å². The van der Waals surface area contributed by atoms with Crippen molar-refractivity contribution < 1.29 is 8.42 Å². The number of imidazole rings is 1. The van der Waals surface area contributed by atoms with Gasteiger partial charge in [0.05, 0.1) is 16.6 Å². The summed E-state index contributed by atoms with van der Waals surface area (Å²) in [4.78, 5) is 9.04. The Hall–Kier alpha value is -2.25. The lowest BCUT2D eigenvalue weighted by molar-refractivity contribution is 0.359. The Morgan fingerprint density at radius 1 is 1.10 bits per heavy atom. The zero-order chi connectivity index (χ0) is 21.7. The lowest BCUT2D eigenvalue weighted by Gasteiger charge is -2.24. The standard InChI is InChI=1S/C23H32N4O2S/c1-5-6-7-14-26(16-18(2)3)30(28,29)21-10-8-20(9-11-21)17-27-19(4)25-22-15-24-13-12-23(22)27/h8-13,15,18H,5-7,14,16-17H2,1-4H3. The smallest absolute Gasteiger partial charge is 0.243 e. The van der Waals surface area contributed by atoms with E-state index in [0.29, 0.717) is 24.5 Å². The van der Waals surface area contributed by atoms with Crippen LogP contribution in [0.25, 0.3) is 11.0 Å². The average molecular weight is 429 g/mol. The Morgan fingerprint density at radius 2 is 1.83 bits per heavy atom. The van der Waals surface area contributed by atoms with Gasteiger partial charge in [-0.05, 0) is 43.0 Å². The van der Waals surface area contributed by atoms with E-state index in [1.54, 1.807) is 28.8 Å². The second-order valence-corrected chi connectivity index (χ2v) is 10.2. The molecule has 0 saturated carbocycles. The number of hydrogen-bond donors (Lipinski definition) is 0. The summed E-state index contributed by atoms with van der Waals surface area (Å²) in [6.45, 7) is 9.96. The zero-order valence-corrected chi connectivity index (χ0v) is 19.2. The summed E-state index contributed by atoms with van der Waals surface area (Å²) in [5.41, 5.74) is 2.93. The number of unbranched alkanes of at least 4 members (excludes halogenated alkanes) is 2. The van der Waals surface area contributed by atoms with Crippen LogP contribution in [-0.4, -0.2) is 40.3 Å². The summed E-state index contributed by atoms with van der Waals surface area (Å²) in [5, 5.41) is 0. The lowest BCUT2D eigenvalue weighted by atomic mass is 10.2. The Morgan fingerprint density at radius 3 is 2.50 bits per heavy atom. The summed E-state index contributed by atoms with van der Waals surface area (Å²) in [5.74, 6) is 1.20. The van der Waals surface area contributed by atoms with E-state index in [1.165, 1.54) is 0 Å². The first kappa shape index (κ1) is 22.4. The van der Waals surface area contributed by atoms with Crippen LogP contribution in [0.4, 0.5) is 0 Å². The van der Waals surface area contributed by atoms with E-state index in [-0.39, 0.29) is 5.92 Å². The molecule has 0 fully saturated rings. The highest BCUT2D eigenvalue weighted by molar-refractivity contribution is 7.89. The van der Waals surface area contributed by atoms with Crippen LogP contribution in [0.15, 0.2) is 47.6 Å². The quantitative estimate of drug-likeness (QED) is 0.442. The van der Waals surface area contributed by atoms with Crippen molar-refractivity contribution in [2.75, 3.05) is 13.1 Å². The van der Waals surface area contributed by atoms with Gasteiger partial charge in [-0.3, -0.25) is 4.98 Å². The van der Waals surface area contributed by atoms with Gasteiger partial charge in [0.2, 0.25) is 10.0 Å². The second kappa shape index (κ2) is 9.71. The molecule has 0 saturated heterocycles. The van der Waals surface area contributed by atoms with Gasteiger partial charge < -0.3 is 4.57 Å². The minimum Gasteiger partial charge on any atom is -0.324 e. The fraction of sp³-hybridized carbons (Fsp3) is 0.478. The summed E-state index contributed by atoms with van der Waals surface area (Å²) >= 11 is 0. The Bertz CT molecular complexity index is 1070. The molecule has 2 aromatic heterocycles. The van der Waals surface area contributed by atoms with Crippen LogP contribution in [0.5, 0.6) is 0 Å². The van der Waals surface area contributed by atoms with Crippen molar-refractivity contribution in [1.29, 1.82) is 0 Å². The second-order valence-electron chi connectivity index (χ2n) is 8.22. The van der Waals surface area contributed by atoms with E-state index in [2.05, 4.69) is 35.3 Å². The molecule has 0 aliphatic carbocycles. The van der Waals surface area contributed by atoms with Gasteiger partial charge in [0.25, 0.3) is 0 Å². The lowest BCUT2D eigenvalue weighted by Crippen LogP contribution is -2.35. The minimum atomic E-state index is -3.49. The van der Waals surface area contributed by atoms with E-state index in [0.717, 1.165) is 41.7 Å². The summed E-state index contributed by atoms with van der Waals surface area (Å²) in [6.07, 6.45) is 6.52. The molecule has 30 heavy (non-hydrogen) atoms. The van der Waals surface area contributed by atoms with Gasteiger partial charge in [0, 0.05) is 25.8 Å². The molecule has 0 bridgehead atoms. The van der Waals surface area contributed by atoms with Gasteiger partial charge in [-0.2, -0.15) is 4.31 Å². The van der Waals surface area contributed by atoms with E-state index in [9.17, 15) is 8.42 Å². The molecule has 3 aromatic rings. The van der Waals surface area contributed by atoms with Crippen LogP contribution in [0.3, 0.4) is 0 Å². The third kappa shape index (κ3) is 5.08. The van der Waals surface area contributed by atoms with Gasteiger partial charge in [-0.1, -0.05) is 45.7 Å². The number of nitrogens with zero attached hydrogens (tertiary/aromatic N) is 4. The summed E-state index contributed by atoms with van der Waals surface area (Å²) in [7, 11) is -3.49. The van der Waals surface area contributed by atoms with Crippen LogP contribution < -0.4 is 0 Å². The molecule has 162 valence electrons. The van der Waals surface area contributed by atoms with Crippen molar-refractivity contribution in [2.24, 2.45) is 5.92 Å². The summed E-state index contributed by atoms with van der Waals surface area (Å²) < 4.78 is 30.2. The molecular formula is C23H32N4O2S. The highest BCUT2D eigenvalue weighted by Crippen LogP contribution is 2.21. The third-order valence-corrected chi connectivity index (χ3v) is 7.10. The van der Waals surface area contributed by atoms with Crippen molar-refractivity contribution in [3.8, 4) is 0 Å². The highest BCUT2D eigenvalue weighted by Gasteiger charge is 2.24. The van der Waals surface area contributed by atoms with Crippen molar-refractivity contribution in [2.45, 2.75) is 58.4 Å². The number of sulfonamides is 1. The van der Waals surface area contributed by atoms with Crippen LogP contribution in [0.1, 0.15) is 51.4 Å². The van der Waals surface area contributed by atoms with Crippen molar-refractivity contribution >= 4 is 21.1 Å². The van der Waals surface area contributed by atoms with E-state index in [4.69, 9.17) is 0 Å². The van der Waals surface area contributed by atoms with E-state index >= 15 is 0 Å². The van der Waals surface area contributed by atoms with E-state index in [1.807, 2.05) is 25.1 Å². The number of pyridine rings is 1. The molecule has 0 radical (unpaired) electrons. The first-order chi connectivity index (χ1) is 14.3. The zero-order valence-electron chi connectivity index (χ0n) is 18.4. The third-order valence-electron chi connectivity index (χ3n) is 5.22. The predicted molar refractivity (Wildman–Crippen MR) is 121 cm³/mol. The molecule has 0 aliphatic rings. The minimum absolute atomic E-state index is 0.285. The molecule has 7 heteroatoms. The van der Waals surface area contributed by atoms with Crippen LogP contribution in [0.2, 0.25) is 0 Å². The maximum Gasteiger partial charge on any atom is 0.243 e. The molecule has 0 spiro atoms. The summed E-state index contributed by atoms with van der Waals surface area (Å²) in [6, 6.07) is 9.22. The van der Waals surface area contributed by atoms with Crippen LogP contribution in [-0.2, 0) is 16.6 Å². The van der Waals surface area contributed by atoms with Crippen molar-refractivity contribution in [1.82, 2.24) is 18.8 Å². The fourth-order valence-corrected chi connectivity index (χ4v) is 5.30. The van der Waals surface area contributed by atoms with Crippen LogP contribution in [0, 0.1) is 12.8 Å². The molecule has 0 atom stereocenters. The number of hydrogen-bond acceptors (Lipinski definition) is 4. The topological polar surface area (TPSA) is 68.1 Å². The maximum absolute atomic E-state index is 13.2. The van der Waals surface area contributed by atoms with Gasteiger partial charge >= 0.3 is 0 Å². The van der Waals surface area contributed by atoms with Crippen molar-refractivity contribution in [3.05, 3.63) is 54.1 Å². The fourth-order valence-electron chi connectivity index (χ4n) is 3.66. The SMILES string of the molecule is CCCCCN(CC(C)C)S(=O)(=O)c1ccc(Cn2c(C)nc3cnccc32)cc1. The largest absolute Gasteiger partial charge is 0.324 e. The molecule has 1 aromatic carbocycles. The Labute approximate surface area is 180 Å². The number of rotatable bonds is 10. The Balaban J connectivity index is 1.81. The predicted octanol–water partition coefficient (Wildman–Crippen LogP) is 4.62. The molecule has 6 nitrogen and oxygen atoms in total. The van der Waals surface area contributed by atoms with Crippen molar-refractivity contribution in [3.63, 3.8) is 0 Å². The molecule has 3 rings (SSSR count). The number of aromatic nitrogens is 3. The number of fused-ring (bicyclic) bond motifs is 1. The molecular weight excluding hydrogens is 396 g/mol. The van der Waals surface area contributed by atoms with Gasteiger partial charge in [-0.15, -0.1) is 0 Å². The van der Waals surface area contributed by atoms with Crippen LogP contribution >= 0.6 is 0 Å². The van der Waals surface area contributed by atoms with Gasteiger partial charge in [0.1, 0.15) is 11.3 Å². The number of benzene rings is 1. The normalized spacial score (nSPS) is 12.3. The maximum atomic E-state index is 13.2. The molecule has 0 amide bonds. The molecule has 0 unspecified atom stereocenters.